The largest absolute Gasteiger partial charge is 0.376 e. The zero-order valence-corrected chi connectivity index (χ0v) is 17.8. The van der Waals surface area contributed by atoms with Gasteiger partial charge in [0, 0.05) is 18.7 Å². The molecule has 158 valence electrons. The second kappa shape index (κ2) is 8.80. The summed E-state index contributed by atoms with van der Waals surface area (Å²) >= 11 is 12.1. The van der Waals surface area contributed by atoms with Crippen LogP contribution in [0.25, 0.3) is 0 Å². The molecule has 3 aliphatic rings. The van der Waals surface area contributed by atoms with Gasteiger partial charge in [0.05, 0.1) is 22.8 Å². The number of nitrogens with zero attached hydrogens (tertiary/aromatic N) is 1. The quantitative estimate of drug-likeness (QED) is 0.772. The Morgan fingerprint density at radius 3 is 2.62 bits per heavy atom. The predicted molar refractivity (Wildman–Crippen MR) is 110 cm³/mol. The smallest absolute Gasteiger partial charge is 0.256 e. The Hall–Kier alpha value is -1.34. The summed E-state index contributed by atoms with van der Waals surface area (Å²) in [7, 11) is 0. The first-order valence-electron chi connectivity index (χ1n) is 10.3. The van der Waals surface area contributed by atoms with Crippen LogP contribution in [0.15, 0.2) is 18.2 Å². The molecule has 6 nitrogen and oxygen atoms in total. The lowest BCUT2D eigenvalue weighted by molar-refractivity contribution is -0.127. The van der Waals surface area contributed by atoms with Crippen molar-refractivity contribution in [1.82, 2.24) is 10.2 Å². The second-order valence-corrected chi connectivity index (χ2v) is 8.83. The molecule has 1 saturated carbocycles. The number of benzene rings is 1. The van der Waals surface area contributed by atoms with Gasteiger partial charge in [0.1, 0.15) is 11.8 Å². The summed E-state index contributed by atoms with van der Waals surface area (Å²) in [5.41, 5.74) is -0.320. The van der Waals surface area contributed by atoms with Crippen molar-refractivity contribution >= 4 is 35.0 Å². The molecular weight excluding hydrogens is 415 g/mol. The van der Waals surface area contributed by atoms with Gasteiger partial charge < -0.3 is 14.8 Å². The van der Waals surface area contributed by atoms with Gasteiger partial charge in [-0.15, -0.1) is 0 Å². The molecule has 1 aliphatic carbocycles. The monoisotopic (exact) mass is 440 g/mol. The van der Waals surface area contributed by atoms with Crippen molar-refractivity contribution in [1.29, 1.82) is 0 Å². The Morgan fingerprint density at radius 1 is 1.14 bits per heavy atom. The molecule has 1 N–H and O–H groups in total. The molecule has 2 heterocycles. The summed E-state index contributed by atoms with van der Waals surface area (Å²) in [5, 5.41) is 3.66. The Labute approximate surface area is 180 Å². The van der Waals surface area contributed by atoms with Crippen LogP contribution in [0.1, 0.15) is 55.3 Å². The first-order valence-corrected chi connectivity index (χ1v) is 11.1. The van der Waals surface area contributed by atoms with Crippen LogP contribution in [-0.2, 0) is 14.3 Å². The van der Waals surface area contributed by atoms with Crippen LogP contribution in [0.3, 0.4) is 0 Å². The van der Waals surface area contributed by atoms with E-state index >= 15 is 0 Å². The summed E-state index contributed by atoms with van der Waals surface area (Å²) in [6, 6.07) is 4.14. The molecule has 4 rings (SSSR count). The van der Waals surface area contributed by atoms with E-state index in [-0.39, 0.29) is 24.5 Å². The van der Waals surface area contributed by atoms with Crippen molar-refractivity contribution in [3.8, 4) is 0 Å². The summed E-state index contributed by atoms with van der Waals surface area (Å²) in [6.45, 7) is 1.39. The van der Waals surface area contributed by atoms with Crippen LogP contribution in [0.2, 0.25) is 10.0 Å². The van der Waals surface area contributed by atoms with Crippen molar-refractivity contribution in [2.75, 3.05) is 19.8 Å². The fourth-order valence-corrected chi connectivity index (χ4v) is 4.88. The zero-order valence-electron chi connectivity index (χ0n) is 16.3. The molecular formula is C21H26Cl2N2O4. The van der Waals surface area contributed by atoms with Gasteiger partial charge in [-0.2, -0.15) is 0 Å². The van der Waals surface area contributed by atoms with E-state index < -0.39 is 11.8 Å². The molecule has 1 spiro atoms. The minimum Gasteiger partial charge on any atom is -0.376 e. The van der Waals surface area contributed by atoms with Crippen molar-refractivity contribution in [2.45, 2.75) is 62.8 Å². The van der Waals surface area contributed by atoms with Gasteiger partial charge in [-0.05, 0) is 56.7 Å². The van der Waals surface area contributed by atoms with E-state index in [1.807, 2.05) is 0 Å². The first-order chi connectivity index (χ1) is 14.0. The number of amides is 2. The molecule has 8 heteroatoms. The topological polar surface area (TPSA) is 67.9 Å². The van der Waals surface area contributed by atoms with Crippen LogP contribution in [-0.4, -0.2) is 54.3 Å². The highest BCUT2D eigenvalue weighted by Gasteiger charge is 2.53. The van der Waals surface area contributed by atoms with Gasteiger partial charge in [-0.3, -0.25) is 14.5 Å². The van der Waals surface area contributed by atoms with Crippen LogP contribution in [0, 0.1) is 0 Å². The maximum Gasteiger partial charge on any atom is 0.256 e. The molecule has 0 radical (unpaired) electrons. The molecule has 2 atom stereocenters. The molecule has 3 fully saturated rings. The number of hydrogen-bond donors (Lipinski definition) is 1. The van der Waals surface area contributed by atoms with Crippen molar-refractivity contribution in [2.24, 2.45) is 0 Å². The summed E-state index contributed by atoms with van der Waals surface area (Å²) in [6.07, 6.45) is 6.51. The summed E-state index contributed by atoms with van der Waals surface area (Å²) < 4.78 is 11.7. The van der Waals surface area contributed by atoms with E-state index in [9.17, 15) is 9.59 Å². The maximum atomic E-state index is 13.5. The average molecular weight is 441 g/mol. The lowest BCUT2D eigenvalue weighted by Crippen LogP contribution is -2.56. The highest BCUT2D eigenvalue weighted by molar-refractivity contribution is 6.42. The molecule has 2 saturated heterocycles. The third kappa shape index (κ3) is 4.26. The fraction of sp³-hybridized carbons (Fsp3) is 0.619. The Kier molecular flexibility index (Phi) is 6.35. The predicted octanol–water partition coefficient (Wildman–Crippen LogP) is 3.79. The first kappa shape index (κ1) is 20.9. The molecule has 0 unspecified atom stereocenters. The lowest BCUT2D eigenvalue weighted by atomic mass is 9.89. The Morgan fingerprint density at radius 2 is 1.93 bits per heavy atom. The van der Waals surface area contributed by atoms with E-state index in [0.717, 1.165) is 51.6 Å². The Balaban J connectivity index is 1.57. The molecule has 0 bridgehead atoms. The maximum absolute atomic E-state index is 13.5. The molecule has 1 aromatic carbocycles. The molecule has 2 amide bonds. The number of nitrogens with one attached hydrogen (secondary N) is 1. The van der Waals surface area contributed by atoms with E-state index in [0.29, 0.717) is 22.2 Å². The third-order valence-electron chi connectivity index (χ3n) is 6.11. The SMILES string of the molecule is O=C(NC[C@H]1CCCO1)[C@H]1COC2(CCCCC2)N1C(=O)c1ccc(Cl)c(Cl)c1. The fourth-order valence-electron chi connectivity index (χ4n) is 4.58. The zero-order chi connectivity index (χ0) is 20.4. The van der Waals surface area contributed by atoms with Crippen molar-refractivity contribution in [3.05, 3.63) is 33.8 Å². The van der Waals surface area contributed by atoms with Crippen LogP contribution >= 0.6 is 23.2 Å². The number of hydrogen-bond acceptors (Lipinski definition) is 4. The van der Waals surface area contributed by atoms with E-state index in [4.69, 9.17) is 32.7 Å². The lowest BCUT2D eigenvalue weighted by Gasteiger charge is -2.41. The molecule has 0 aromatic heterocycles. The molecule has 29 heavy (non-hydrogen) atoms. The average Bonchev–Trinajstić information content (AvgIpc) is 3.37. The molecule has 2 aliphatic heterocycles. The number of halogens is 2. The van der Waals surface area contributed by atoms with Gasteiger partial charge in [0.2, 0.25) is 5.91 Å². The summed E-state index contributed by atoms with van der Waals surface area (Å²) in [5.74, 6) is -0.448. The Bertz CT molecular complexity index is 776. The van der Waals surface area contributed by atoms with Gasteiger partial charge in [0.15, 0.2) is 0 Å². The highest BCUT2D eigenvalue weighted by atomic mass is 35.5. The standard InChI is InChI=1S/C21H26Cl2N2O4/c22-16-7-6-14(11-17(16)23)20(27)25-18(13-29-21(25)8-2-1-3-9-21)19(26)24-12-15-5-4-10-28-15/h6-7,11,15,18H,1-5,8-10,12-13H2,(H,24,26)/t15-,18-/m1/s1. The number of carbonyl (C=O) groups excluding carboxylic acids is 2. The van der Waals surface area contributed by atoms with E-state index in [1.54, 1.807) is 23.1 Å². The van der Waals surface area contributed by atoms with Gasteiger partial charge in [-0.1, -0.05) is 29.6 Å². The minimum atomic E-state index is -0.729. The van der Waals surface area contributed by atoms with Gasteiger partial charge in [-0.25, -0.2) is 0 Å². The van der Waals surface area contributed by atoms with Gasteiger partial charge in [0.25, 0.3) is 5.91 Å². The van der Waals surface area contributed by atoms with Crippen LogP contribution in [0.4, 0.5) is 0 Å². The van der Waals surface area contributed by atoms with Crippen molar-refractivity contribution < 1.29 is 19.1 Å². The van der Waals surface area contributed by atoms with Crippen LogP contribution < -0.4 is 5.32 Å². The van der Waals surface area contributed by atoms with E-state index in [2.05, 4.69) is 5.32 Å². The highest BCUT2D eigenvalue weighted by Crippen LogP contribution is 2.41. The third-order valence-corrected chi connectivity index (χ3v) is 6.85. The molecule has 1 aromatic rings. The van der Waals surface area contributed by atoms with Crippen molar-refractivity contribution in [3.63, 3.8) is 0 Å². The minimum absolute atomic E-state index is 0.0455. The van der Waals surface area contributed by atoms with Gasteiger partial charge >= 0.3 is 0 Å². The second-order valence-electron chi connectivity index (χ2n) is 8.02. The summed E-state index contributed by atoms with van der Waals surface area (Å²) in [4.78, 5) is 28.2. The van der Waals surface area contributed by atoms with E-state index in [1.165, 1.54) is 0 Å². The number of carbonyl (C=O) groups is 2. The van der Waals surface area contributed by atoms with Crippen LogP contribution in [0.5, 0.6) is 0 Å². The number of ether oxygens (including phenoxy) is 2. The normalized spacial score (nSPS) is 26.1. The number of rotatable bonds is 4.